The molecule has 3 N–H and O–H groups in total. The Kier molecular flexibility index (Phi) is 4.54. The van der Waals surface area contributed by atoms with Gasteiger partial charge in [0.05, 0.1) is 16.9 Å². The van der Waals surface area contributed by atoms with E-state index in [2.05, 4.69) is 20.6 Å². The van der Waals surface area contributed by atoms with Gasteiger partial charge in [0.15, 0.2) is 5.69 Å². The second-order valence-corrected chi connectivity index (χ2v) is 8.46. The summed E-state index contributed by atoms with van der Waals surface area (Å²) < 4.78 is 1.73. The van der Waals surface area contributed by atoms with Gasteiger partial charge in [0.25, 0.3) is 5.91 Å². The maximum atomic E-state index is 13.1. The summed E-state index contributed by atoms with van der Waals surface area (Å²) in [6.45, 7) is 1.89. The van der Waals surface area contributed by atoms with Crippen LogP contribution in [0.2, 0.25) is 0 Å². The minimum absolute atomic E-state index is 0.135. The highest BCUT2D eigenvalue weighted by molar-refractivity contribution is 5.94. The van der Waals surface area contributed by atoms with Crippen molar-refractivity contribution in [3.05, 3.63) is 47.9 Å². The lowest BCUT2D eigenvalue weighted by molar-refractivity contribution is 0.0751. The Bertz CT molecular complexity index is 1040. The van der Waals surface area contributed by atoms with Crippen LogP contribution in [0, 0.1) is 18.8 Å². The molecule has 2 aliphatic rings. The topological polar surface area (TPSA) is 98.7 Å². The fourth-order valence-corrected chi connectivity index (χ4v) is 5.28. The first-order valence-electron chi connectivity index (χ1n) is 10.4. The van der Waals surface area contributed by atoms with E-state index in [0.717, 1.165) is 48.0 Å². The van der Waals surface area contributed by atoms with Crippen LogP contribution in [0.25, 0.3) is 16.6 Å². The van der Waals surface area contributed by atoms with Gasteiger partial charge in [-0.15, -0.1) is 5.10 Å². The molecule has 2 heterocycles. The molecule has 0 aliphatic heterocycles. The molecular weight excluding hydrogens is 364 g/mol. The number of nitrogens with two attached hydrogens (primary N) is 1. The predicted molar refractivity (Wildman–Crippen MR) is 111 cm³/mol. The number of nitrogens with zero attached hydrogens (tertiary/aromatic N) is 4. The molecule has 29 heavy (non-hydrogen) atoms. The van der Waals surface area contributed by atoms with Crippen LogP contribution in [0.4, 0.5) is 0 Å². The van der Waals surface area contributed by atoms with Gasteiger partial charge in [-0.3, -0.25) is 9.78 Å². The lowest BCUT2D eigenvalue weighted by atomic mass is 9.67. The van der Waals surface area contributed by atoms with Crippen molar-refractivity contribution in [2.75, 3.05) is 0 Å². The van der Waals surface area contributed by atoms with Crippen LogP contribution < -0.4 is 11.1 Å². The van der Waals surface area contributed by atoms with Gasteiger partial charge >= 0.3 is 0 Å². The normalized spacial score (nSPS) is 26.4. The van der Waals surface area contributed by atoms with Crippen molar-refractivity contribution >= 4 is 16.8 Å². The van der Waals surface area contributed by atoms with Gasteiger partial charge in [-0.25, -0.2) is 4.68 Å². The fourth-order valence-electron chi connectivity index (χ4n) is 5.28. The molecule has 2 fully saturated rings. The monoisotopic (exact) mass is 390 g/mol. The van der Waals surface area contributed by atoms with E-state index >= 15 is 0 Å². The second kappa shape index (κ2) is 7.22. The number of aromatic nitrogens is 4. The SMILES string of the molecule is Cc1c(C(=O)NC2C3CCCC2CC(N)C3)nnn1-c1cccc2ncccc12. The largest absolute Gasteiger partial charge is 0.347 e. The average Bonchev–Trinajstić information content (AvgIpc) is 3.09. The van der Waals surface area contributed by atoms with Crippen LogP contribution >= 0.6 is 0 Å². The smallest absolute Gasteiger partial charge is 0.274 e. The van der Waals surface area contributed by atoms with Gasteiger partial charge in [-0.2, -0.15) is 0 Å². The van der Waals surface area contributed by atoms with E-state index in [9.17, 15) is 4.79 Å². The zero-order chi connectivity index (χ0) is 20.0. The van der Waals surface area contributed by atoms with Gasteiger partial charge in [-0.1, -0.05) is 17.7 Å². The molecule has 1 amide bonds. The summed E-state index contributed by atoms with van der Waals surface area (Å²) in [6, 6.07) is 10.2. The third-order valence-corrected chi connectivity index (χ3v) is 6.63. The molecule has 2 aromatic heterocycles. The van der Waals surface area contributed by atoms with Crippen molar-refractivity contribution in [2.24, 2.45) is 17.6 Å². The first kappa shape index (κ1) is 18.2. The molecule has 2 unspecified atom stereocenters. The lowest BCUT2D eigenvalue weighted by Gasteiger charge is -2.45. The first-order valence-corrected chi connectivity index (χ1v) is 10.4. The number of hydrogen-bond acceptors (Lipinski definition) is 5. The molecule has 7 heteroatoms. The summed E-state index contributed by atoms with van der Waals surface area (Å²) in [7, 11) is 0. The Balaban J connectivity index is 1.43. The van der Waals surface area contributed by atoms with E-state index < -0.39 is 0 Å². The summed E-state index contributed by atoms with van der Waals surface area (Å²) in [5, 5.41) is 12.8. The number of fused-ring (bicyclic) bond motifs is 3. The first-order chi connectivity index (χ1) is 14.1. The molecule has 3 aromatic rings. The number of carbonyl (C=O) groups is 1. The third kappa shape index (κ3) is 3.19. The summed E-state index contributed by atoms with van der Waals surface area (Å²) in [6.07, 6.45) is 7.28. The van der Waals surface area contributed by atoms with Crippen LogP contribution in [-0.2, 0) is 0 Å². The molecule has 7 nitrogen and oxygen atoms in total. The molecule has 2 aliphatic carbocycles. The predicted octanol–water partition coefficient (Wildman–Crippen LogP) is 2.76. The number of hydrogen-bond donors (Lipinski definition) is 2. The summed E-state index contributed by atoms with van der Waals surface area (Å²) >= 11 is 0. The molecule has 0 spiro atoms. The van der Waals surface area contributed by atoms with Crippen molar-refractivity contribution in [1.29, 1.82) is 0 Å². The van der Waals surface area contributed by atoms with Crippen molar-refractivity contribution < 1.29 is 4.79 Å². The van der Waals surface area contributed by atoms with Gasteiger partial charge < -0.3 is 11.1 Å². The second-order valence-electron chi connectivity index (χ2n) is 8.46. The van der Waals surface area contributed by atoms with Crippen LogP contribution in [0.15, 0.2) is 36.5 Å². The van der Waals surface area contributed by atoms with Crippen molar-refractivity contribution in [3.63, 3.8) is 0 Å². The standard InChI is InChI=1S/C22H26N6O/c1-13-20(22(29)25-21-14-5-2-6-15(21)12-16(23)11-14)26-27-28(13)19-9-3-8-18-17(19)7-4-10-24-18/h3-4,7-10,14-16,21H,2,5-6,11-12,23H2,1H3,(H,25,29). The Labute approximate surface area is 169 Å². The van der Waals surface area contributed by atoms with Crippen LogP contribution in [0.1, 0.15) is 48.3 Å². The zero-order valence-corrected chi connectivity index (χ0v) is 16.6. The van der Waals surface area contributed by atoms with E-state index in [0.29, 0.717) is 17.5 Å². The third-order valence-electron chi connectivity index (χ3n) is 6.63. The number of rotatable bonds is 3. The quantitative estimate of drug-likeness (QED) is 0.716. The van der Waals surface area contributed by atoms with E-state index in [1.54, 1.807) is 10.9 Å². The van der Waals surface area contributed by atoms with Gasteiger partial charge in [0.1, 0.15) is 0 Å². The minimum atomic E-state index is -0.135. The number of carbonyl (C=O) groups excluding carboxylic acids is 1. The van der Waals surface area contributed by atoms with Crippen molar-refractivity contribution in [1.82, 2.24) is 25.3 Å². The Morgan fingerprint density at radius 3 is 2.76 bits per heavy atom. The number of pyridine rings is 1. The molecule has 0 radical (unpaired) electrons. The molecule has 5 rings (SSSR count). The lowest BCUT2D eigenvalue weighted by Crippen LogP contribution is -2.53. The summed E-state index contributed by atoms with van der Waals surface area (Å²) in [4.78, 5) is 17.5. The number of nitrogens with one attached hydrogen (secondary N) is 1. The Morgan fingerprint density at radius 1 is 1.17 bits per heavy atom. The highest BCUT2D eigenvalue weighted by Gasteiger charge is 2.40. The number of benzene rings is 1. The maximum absolute atomic E-state index is 13.1. The van der Waals surface area contributed by atoms with E-state index in [1.807, 2.05) is 37.3 Å². The summed E-state index contributed by atoms with van der Waals surface area (Å²) in [5.74, 6) is 0.811. The highest BCUT2D eigenvalue weighted by Crippen LogP contribution is 2.39. The molecule has 2 saturated carbocycles. The Morgan fingerprint density at radius 2 is 1.97 bits per heavy atom. The average molecular weight is 390 g/mol. The van der Waals surface area contributed by atoms with E-state index in [1.165, 1.54) is 6.42 Å². The molecule has 2 bridgehead atoms. The van der Waals surface area contributed by atoms with Crippen LogP contribution in [0.3, 0.4) is 0 Å². The molecule has 2 atom stereocenters. The van der Waals surface area contributed by atoms with Gasteiger partial charge in [0.2, 0.25) is 0 Å². The van der Waals surface area contributed by atoms with Crippen LogP contribution in [0.5, 0.6) is 0 Å². The molecular formula is C22H26N6O. The Hall–Kier alpha value is -2.80. The van der Waals surface area contributed by atoms with Crippen LogP contribution in [-0.4, -0.2) is 38.0 Å². The fraction of sp³-hybridized carbons (Fsp3) is 0.455. The van der Waals surface area contributed by atoms with Gasteiger partial charge in [0, 0.05) is 23.7 Å². The molecule has 0 saturated heterocycles. The number of amides is 1. The maximum Gasteiger partial charge on any atom is 0.274 e. The van der Waals surface area contributed by atoms with Crippen molar-refractivity contribution in [3.8, 4) is 5.69 Å². The zero-order valence-electron chi connectivity index (χ0n) is 16.6. The molecule has 150 valence electrons. The minimum Gasteiger partial charge on any atom is -0.347 e. The van der Waals surface area contributed by atoms with E-state index in [4.69, 9.17) is 5.73 Å². The highest BCUT2D eigenvalue weighted by atomic mass is 16.2. The van der Waals surface area contributed by atoms with Crippen molar-refractivity contribution in [2.45, 2.75) is 51.1 Å². The van der Waals surface area contributed by atoms with E-state index in [-0.39, 0.29) is 18.0 Å². The van der Waals surface area contributed by atoms with Gasteiger partial charge in [-0.05, 0) is 68.7 Å². The molecule has 1 aromatic carbocycles. The summed E-state index contributed by atoms with van der Waals surface area (Å²) in [5.41, 5.74) is 9.11.